The van der Waals surface area contributed by atoms with Gasteiger partial charge in [-0.3, -0.25) is 4.79 Å². The molecule has 148 valence electrons. The zero-order valence-electron chi connectivity index (χ0n) is 15.7. The highest BCUT2D eigenvalue weighted by molar-refractivity contribution is 7.89. The van der Waals surface area contributed by atoms with Crippen LogP contribution in [0.2, 0.25) is 0 Å². The Labute approximate surface area is 160 Å². The summed E-state index contributed by atoms with van der Waals surface area (Å²) in [6.45, 7) is 4.29. The Morgan fingerprint density at radius 1 is 1.37 bits per heavy atom. The van der Waals surface area contributed by atoms with Gasteiger partial charge in [0, 0.05) is 24.4 Å². The van der Waals surface area contributed by atoms with E-state index in [1.54, 1.807) is 27.4 Å². The number of rotatable bonds is 4. The number of hydrogen-bond donors (Lipinski definition) is 1. The van der Waals surface area contributed by atoms with Crippen LogP contribution in [0.15, 0.2) is 23.1 Å². The van der Waals surface area contributed by atoms with Gasteiger partial charge in [-0.25, -0.2) is 8.42 Å². The van der Waals surface area contributed by atoms with E-state index in [2.05, 4.69) is 0 Å². The number of benzene rings is 1. The summed E-state index contributed by atoms with van der Waals surface area (Å²) in [7, 11) is -3.72. The van der Waals surface area contributed by atoms with Crippen molar-refractivity contribution in [2.75, 3.05) is 24.7 Å². The lowest BCUT2D eigenvalue weighted by molar-refractivity contribution is -0.116. The van der Waals surface area contributed by atoms with Gasteiger partial charge in [-0.1, -0.05) is 6.92 Å². The normalized spacial score (nSPS) is 30.3. The van der Waals surface area contributed by atoms with E-state index in [1.165, 1.54) is 6.92 Å². The number of ether oxygens (including phenoxy) is 1. The molecule has 0 spiro atoms. The maximum atomic E-state index is 13.5. The van der Waals surface area contributed by atoms with Crippen LogP contribution in [-0.2, 0) is 14.8 Å². The van der Waals surface area contributed by atoms with Gasteiger partial charge >= 0.3 is 0 Å². The molecule has 2 bridgehead atoms. The van der Waals surface area contributed by atoms with Crippen molar-refractivity contribution >= 4 is 21.6 Å². The number of carbonyl (C=O) groups is 1. The molecular weight excluding hydrogens is 368 g/mol. The van der Waals surface area contributed by atoms with Crippen LogP contribution in [0.5, 0.6) is 5.75 Å². The van der Waals surface area contributed by atoms with Crippen molar-refractivity contribution in [2.45, 2.75) is 56.5 Å². The first-order valence-electron chi connectivity index (χ1n) is 9.53. The minimum absolute atomic E-state index is 0.00677. The van der Waals surface area contributed by atoms with Crippen molar-refractivity contribution in [1.29, 1.82) is 0 Å². The summed E-state index contributed by atoms with van der Waals surface area (Å²) in [5, 5.41) is 9.96. The van der Waals surface area contributed by atoms with Crippen molar-refractivity contribution in [3.05, 3.63) is 18.2 Å². The molecule has 0 aliphatic carbocycles. The quantitative estimate of drug-likeness (QED) is 0.841. The van der Waals surface area contributed by atoms with Gasteiger partial charge in [-0.05, 0) is 43.9 Å². The van der Waals surface area contributed by atoms with Crippen LogP contribution in [0.4, 0.5) is 5.69 Å². The molecule has 1 N–H and O–H groups in total. The summed E-state index contributed by atoms with van der Waals surface area (Å²) >= 11 is 0. The molecule has 1 aromatic carbocycles. The second kappa shape index (κ2) is 6.46. The number of hydrogen-bond acceptors (Lipinski definition) is 5. The number of anilines is 1. The molecule has 8 heteroatoms. The van der Waals surface area contributed by atoms with Crippen LogP contribution in [0.3, 0.4) is 0 Å². The molecule has 1 aromatic rings. The second-order valence-corrected chi connectivity index (χ2v) is 9.65. The van der Waals surface area contributed by atoms with Crippen molar-refractivity contribution in [2.24, 2.45) is 5.41 Å². The number of carbonyl (C=O) groups excluding carboxylic acids is 1. The molecular formula is C19H26N2O5S. The van der Waals surface area contributed by atoms with Gasteiger partial charge in [-0.15, -0.1) is 0 Å². The Kier molecular flexibility index (Phi) is 4.48. The number of aliphatic hydroxyl groups is 1. The van der Waals surface area contributed by atoms with Crippen LogP contribution < -0.4 is 9.64 Å². The first-order chi connectivity index (χ1) is 12.8. The van der Waals surface area contributed by atoms with Crippen molar-refractivity contribution < 1.29 is 23.1 Å². The minimum atomic E-state index is -3.72. The molecule has 4 rings (SSSR count). The van der Waals surface area contributed by atoms with E-state index in [4.69, 9.17) is 4.74 Å². The molecule has 2 saturated heterocycles. The van der Waals surface area contributed by atoms with Gasteiger partial charge in [0.25, 0.3) is 0 Å². The topological polar surface area (TPSA) is 87.2 Å². The van der Waals surface area contributed by atoms with Gasteiger partial charge in [0.2, 0.25) is 15.9 Å². The molecule has 27 heavy (non-hydrogen) atoms. The average Bonchev–Trinajstić information content (AvgIpc) is 3.24. The zero-order valence-corrected chi connectivity index (χ0v) is 16.5. The summed E-state index contributed by atoms with van der Waals surface area (Å²) in [4.78, 5) is 13.7. The summed E-state index contributed by atoms with van der Waals surface area (Å²) in [5.74, 6) is 0.388. The van der Waals surface area contributed by atoms with E-state index in [1.807, 2.05) is 6.92 Å². The largest absolute Gasteiger partial charge is 0.490 e. The highest BCUT2D eigenvalue weighted by Crippen LogP contribution is 2.53. The number of fused-ring (bicyclic) bond motifs is 3. The molecule has 0 saturated carbocycles. The Hall–Kier alpha value is -1.64. The Morgan fingerprint density at radius 3 is 2.78 bits per heavy atom. The maximum absolute atomic E-state index is 13.5. The molecule has 1 amide bonds. The Morgan fingerprint density at radius 2 is 2.15 bits per heavy atom. The SMILES string of the molecule is CC[C@@]1(CO)C[C@@H]2CC[C@H]1N2S(=O)(=O)c1ccc2c(c1)N(C(C)=O)CCO2. The molecule has 7 nitrogen and oxygen atoms in total. The Bertz CT molecular complexity index is 865. The molecule has 3 heterocycles. The third kappa shape index (κ3) is 2.68. The third-order valence-electron chi connectivity index (χ3n) is 6.56. The fraction of sp³-hybridized carbons (Fsp3) is 0.632. The monoisotopic (exact) mass is 394 g/mol. The maximum Gasteiger partial charge on any atom is 0.243 e. The number of amides is 1. The summed E-state index contributed by atoms with van der Waals surface area (Å²) in [6, 6.07) is 4.51. The number of nitrogens with zero attached hydrogens (tertiary/aromatic N) is 2. The van der Waals surface area contributed by atoms with E-state index >= 15 is 0 Å². The van der Waals surface area contributed by atoms with E-state index in [-0.39, 0.29) is 34.9 Å². The molecule has 0 radical (unpaired) electrons. The van der Waals surface area contributed by atoms with Crippen LogP contribution in [-0.4, -0.2) is 55.6 Å². The lowest BCUT2D eigenvalue weighted by Crippen LogP contribution is -2.42. The number of sulfonamides is 1. The summed E-state index contributed by atoms with van der Waals surface area (Å²) < 4.78 is 34.2. The van der Waals surface area contributed by atoms with E-state index in [9.17, 15) is 18.3 Å². The highest BCUT2D eigenvalue weighted by atomic mass is 32.2. The first kappa shape index (κ1) is 18.7. The molecule has 2 fully saturated rings. The lowest BCUT2D eigenvalue weighted by Gasteiger charge is -2.35. The second-order valence-electron chi connectivity index (χ2n) is 7.81. The van der Waals surface area contributed by atoms with Gasteiger partial charge in [0.15, 0.2) is 0 Å². The predicted molar refractivity (Wildman–Crippen MR) is 100 cm³/mol. The van der Waals surface area contributed by atoms with Crippen molar-refractivity contribution in [3.63, 3.8) is 0 Å². The molecule has 3 aliphatic heterocycles. The van der Waals surface area contributed by atoms with Crippen LogP contribution in [0.1, 0.15) is 39.5 Å². The van der Waals surface area contributed by atoms with Gasteiger partial charge < -0.3 is 14.7 Å². The van der Waals surface area contributed by atoms with Gasteiger partial charge in [-0.2, -0.15) is 4.31 Å². The fourth-order valence-electron chi connectivity index (χ4n) is 5.06. The van der Waals surface area contributed by atoms with E-state index in [0.717, 1.165) is 19.3 Å². The minimum Gasteiger partial charge on any atom is -0.490 e. The van der Waals surface area contributed by atoms with Gasteiger partial charge in [0.1, 0.15) is 12.4 Å². The van der Waals surface area contributed by atoms with E-state index < -0.39 is 10.0 Å². The fourth-order valence-corrected chi connectivity index (χ4v) is 7.05. The average molecular weight is 394 g/mol. The molecule has 0 aromatic heterocycles. The third-order valence-corrected chi connectivity index (χ3v) is 8.51. The van der Waals surface area contributed by atoms with Crippen molar-refractivity contribution in [1.82, 2.24) is 4.31 Å². The Balaban J connectivity index is 1.74. The van der Waals surface area contributed by atoms with Crippen molar-refractivity contribution in [3.8, 4) is 5.75 Å². The van der Waals surface area contributed by atoms with Crippen LogP contribution in [0, 0.1) is 5.41 Å². The lowest BCUT2D eigenvalue weighted by atomic mass is 9.72. The van der Waals surface area contributed by atoms with Gasteiger partial charge in [0.05, 0.1) is 23.7 Å². The zero-order chi connectivity index (χ0) is 19.4. The first-order valence-corrected chi connectivity index (χ1v) is 11.0. The predicted octanol–water partition coefficient (Wildman–Crippen LogP) is 1.75. The molecule has 3 atom stereocenters. The highest BCUT2D eigenvalue weighted by Gasteiger charge is 2.58. The molecule has 0 unspecified atom stereocenters. The number of aliphatic hydroxyl groups excluding tert-OH is 1. The summed E-state index contributed by atoms with van der Waals surface area (Å²) in [6.07, 6.45) is 3.08. The molecule has 3 aliphatic rings. The smallest absolute Gasteiger partial charge is 0.243 e. The van der Waals surface area contributed by atoms with Crippen LogP contribution >= 0.6 is 0 Å². The summed E-state index contributed by atoms with van der Waals surface area (Å²) in [5.41, 5.74) is 0.156. The van der Waals surface area contributed by atoms with Crippen LogP contribution in [0.25, 0.3) is 0 Å². The van der Waals surface area contributed by atoms with E-state index in [0.29, 0.717) is 31.0 Å². The standard InChI is InChI=1S/C19H26N2O5S/c1-3-19(12-22)11-14-4-7-18(19)21(14)27(24,25)15-5-6-17-16(10-15)20(13(2)23)8-9-26-17/h5-6,10,14,18,22H,3-4,7-9,11-12H2,1-2H3/t14-,18+,19-/m0/s1.